The van der Waals surface area contributed by atoms with Crippen LogP contribution in [0.15, 0.2) is 48.5 Å². The summed E-state index contributed by atoms with van der Waals surface area (Å²) in [4.78, 5) is 29.1. The van der Waals surface area contributed by atoms with E-state index in [-0.39, 0.29) is 30.0 Å². The Bertz CT molecular complexity index is 1020. The molecule has 35 heavy (non-hydrogen) atoms. The number of hydrogen-bond acceptors (Lipinski definition) is 6. The van der Waals surface area contributed by atoms with E-state index >= 15 is 0 Å². The number of carbonyl (C=O) groups is 2. The third-order valence-electron chi connectivity index (χ3n) is 6.12. The molecule has 2 fully saturated rings. The first-order chi connectivity index (χ1) is 16.7. The molecule has 1 N–H and O–H groups in total. The number of alkyl halides is 3. The van der Waals surface area contributed by atoms with Crippen molar-refractivity contribution in [2.45, 2.75) is 51.1 Å². The summed E-state index contributed by atoms with van der Waals surface area (Å²) in [5.41, 5.74) is 1.24. The predicted octanol–water partition coefficient (Wildman–Crippen LogP) is 4.58. The molecule has 0 unspecified atom stereocenters. The number of piperidine rings is 1. The Morgan fingerprint density at radius 1 is 0.971 bits per heavy atom. The Morgan fingerprint density at radius 2 is 1.60 bits per heavy atom. The van der Waals surface area contributed by atoms with Gasteiger partial charge in [-0.25, -0.2) is 4.90 Å². The van der Waals surface area contributed by atoms with Crippen molar-refractivity contribution >= 4 is 23.2 Å². The maximum atomic E-state index is 13.1. The molecule has 4 rings (SSSR count). The van der Waals surface area contributed by atoms with E-state index in [0.717, 1.165) is 19.3 Å². The van der Waals surface area contributed by atoms with E-state index in [4.69, 9.17) is 4.74 Å². The number of carbonyl (C=O) groups excluding carboxylic acids is 2. The first kappa shape index (κ1) is 24.8. The van der Waals surface area contributed by atoms with Gasteiger partial charge >= 0.3 is 6.36 Å². The number of amides is 2. The van der Waals surface area contributed by atoms with Gasteiger partial charge in [0.15, 0.2) is 0 Å². The molecular weight excluding hydrogens is 463 g/mol. The average molecular weight is 492 g/mol. The van der Waals surface area contributed by atoms with Crippen LogP contribution in [-0.2, 0) is 9.59 Å². The highest BCUT2D eigenvalue weighted by molar-refractivity contribution is 6.22. The Balaban J connectivity index is 1.30. The standard InChI is InChI=1S/C25H28F3N3O4/c1-2-15-34-20-9-5-19(6-10-20)31-23(32)16-22(24(31)33)30-13-11-18(12-14-30)29-17-3-7-21(8-4-17)35-25(26,27)28/h3-10,18,22,29H,2,11-16H2,1H3/t22-/m1/s1. The zero-order chi connectivity index (χ0) is 25.0. The van der Waals surface area contributed by atoms with Crippen LogP contribution in [0.5, 0.6) is 11.5 Å². The smallest absolute Gasteiger partial charge is 0.494 e. The molecule has 2 aromatic rings. The van der Waals surface area contributed by atoms with Crippen molar-refractivity contribution in [2.75, 3.05) is 29.9 Å². The van der Waals surface area contributed by atoms with Crippen molar-refractivity contribution < 1.29 is 32.2 Å². The summed E-state index contributed by atoms with van der Waals surface area (Å²) in [5.74, 6) is -0.00849. The van der Waals surface area contributed by atoms with Crippen molar-refractivity contribution in [3.63, 3.8) is 0 Å². The van der Waals surface area contributed by atoms with Gasteiger partial charge in [0.2, 0.25) is 5.91 Å². The third-order valence-corrected chi connectivity index (χ3v) is 6.12. The molecule has 0 aliphatic carbocycles. The number of nitrogens with one attached hydrogen (secondary N) is 1. The quantitative estimate of drug-likeness (QED) is 0.545. The van der Waals surface area contributed by atoms with Crippen molar-refractivity contribution in [2.24, 2.45) is 0 Å². The lowest BCUT2D eigenvalue weighted by Crippen LogP contribution is -2.48. The fraction of sp³-hybridized carbons (Fsp3) is 0.440. The second kappa shape index (κ2) is 10.6. The molecule has 2 amide bonds. The van der Waals surface area contributed by atoms with E-state index in [1.54, 1.807) is 36.4 Å². The highest BCUT2D eigenvalue weighted by Gasteiger charge is 2.43. The van der Waals surface area contributed by atoms with Gasteiger partial charge in [0.1, 0.15) is 11.5 Å². The second-order valence-corrected chi connectivity index (χ2v) is 8.66. The van der Waals surface area contributed by atoms with Crippen molar-refractivity contribution in [1.29, 1.82) is 0 Å². The lowest BCUT2D eigenvalue weighted by atomic mass is 10.0. The van der Waals surface area contributed by atoms with E-state index in [9.17, 15) is 22.8 Å². The fourth-order valence-corrected chi connectivity index (χ4v) is 4.43. The summed E-state index contributed by atoms with van der Waals surface area (Å²) >= 11 is 0. The molecule has 0 spiro atoms. The summed E-state index contributed by atoms with van der Waals surface area (Å²) in [6.07, 6.45) is -2.21. The number of halogens is 3. The minimum Gasteiger partial charge on any atom is -0.494 e. The van der Waals surface area contributed by atoms with Gasteiger partial charge in [0.05, 0.1) is 24.8 Å². The minimum atomic E-state index is -4.72. The summed E-state index contributed by atoms with van der Waals surface area (Å²) in [6, 6.07) is 12.2. The molecular formula is C25H28F3N3O4. The number of imide groups is 1. The highest BCUT2D eigenvalue weighted by atomic mass is 19.4. The predicted molar refractivity (Wildman–Crippen MR) is 124 cm³/mol. The number of benzene rings is 2. The lowest BCUT2D eigenvalue weighted by molar-refractivity contribution is -0.274. The van der Waals surface area contributed by atoms with E-state index < -0.39 is 12.4 Å². The Kier molecular flexibility index (Phi) is 7.49. The SMILES string of the molecule is CCCOc1ccc(N2C(=O)C[C@@H](N3CCC(Nc4ccc(OC(F)(F)F)cc4)CC3)C2=O)cc1. The molecule has 2 aromatic carbocycles. The van der Waals surface area contributed by atoms with Crippen LogP contribution >= 0.6 is 0 Å². The molecule has 10 heteroatoms. The van der Waals surface area contributed by atoms with Crippen LogP contribution in [0.2, 0.25) is 0 Å². The van der Waals surface area contributed by atoms with E-state index in [1.165, 1.54) is 17.0 Å². The van der Waals surface area contributed by atoms with Gasteiger partial charge in [-0.2, -0.15) is 0 Å². The number of rotatable bonds is 8. The van der Waals surface area contributed by atoms with Crippen molar-refractivity contribution in [3.8, 4) is 11.5 Å². The summed E-state index contributed by atoms with van der Waals surface area (Å²) in [5, 5.41) is 3.32. The van der Waals surface area contributed by atoms with Crippen LogP contribution in [-0.4, -0.2) is 54.9 Å². The summed E-state index contributed by atoms with van der Waals surface area (Å²) < 4.78 is 46.4. The molecule has 0 radical (unpaired) electrons. The van der Waals surface area contributed by atoms with Crippen LogP contribution in [0.4, 0.5) is 24.5 Å². The normalized spacial score (nSPS) is 19.8. The van der Waals surface area contributed by atoms with Crippen molar-refractivity contribution in [1.82, 2.24) is 4.90 Å². The second-order valence-electron chi connectivity index (χ2n) is 8.66. The Morgan fingerprint density at radius 3 is 2.20 bits per heavy atom. The van der Waals surface area contributed by atoms with Crippen LogP contribution in [0.3, 0.4) is 0 Å². The number of ether oxygens (including phenoxy) is 2. The molecule has 188 valence electrons. The zero-order valence-corrected chi connectivity index (χ0v) is 19.4. The molecule has 2 aliphatic heterocycles. The molecule has 7 nitrogen and oxygen atoms in total. The molecule has 0 bridgehead atoms. The molecule has 0 saturated carbocycles. The minimum absolute atomic E-state index is 0.111. The van der Waals surface area contributed by atoms with Crippen LogP contribution in [0.1, 0.15) is 32.6 Å². The van der Waals surface area contributed by atoms with Gasteiger partial charge in [-0.3, -0.25) is 14.5 Å². The largest absolute Gasteiger partial charge is 0.573 e. The lowest BCUT2D eigenvalue weighted by Gasteiger charge is -2.35. The highest BCUT2D eigenvalue weighted by Crippen LogP contribution is 2.30. The maximum Gasteiger partial charge on any atom is 0.573 e. The fourth-order valence-electron chi connectivity index (χ4n) is 4.43. The van der Waals surface area contributed by atoms with Gasteiger partial charge < -0.3 is 14.8 Å². The van der Waals surface area contributed by atoms with Crippen LogP contribution in [0, 0.1) is 0 Å². The Labute approximate surface area is 201 Å². The van der Waals surface area contributed by atoms with Crippen molar-refractivity contribution in [3.05, 3.63) is 48.5 Å². The van der Waals surface area contributed by atoms with Gasteiger partial charge in [0.25, 0.3) is 5.91 Å². The number of nitrogens with zero attached hydrogens (tertiary/aromatic N) is 2. The van der Waals surface area contributed by atoms with Crippen LogP contribution in [0.25, 0.3) is 0 Å². The summed E-state index contributed by atoms with van der Waals surface area (Å²) in [6.45, 7) is 3.89. The molecule has 0 aromatic heterocycles. The number of anilines is 2. The molecule has 2 saturated heterocycles. The average Bonchev–Trinajstić information content (AvgIpc) is 3.12. The third kappa shape index (κ3) is 6.25. The first-order valence-corrected chi connectivity index (χ1v) is 11.7. The van der Waals surface area contributed by atoms with E-state index in [2.05, 4.69) is 10.1 Å². The number of hydrogen-bond donors (Lipinski definition) is 1. The van der Waals surface area contributed by atoms with Gasteiger partial charge in [-0.05, 0) is 67.8 Å². The molecule has 2 aliphatic rings. The maximum absolute atomic E-state index is 13.1. The van der Waals surface area contributed by atoms with Crippen LogP contribution < -0.4 is 19.7 Å². The molecule has 2 heterocycles. The monoisotopic (exact) mass is 491 g/mol. The van der Waals surface area contributed by atoms with E-state index in [0.29, 0.717) is 36.8 Å². The molecule has 1 atom stereocenters. The van der Waals surface area contributed by atoms with E-state index in [1.807, 2.05) is 11.8 Å². The zero-order valence-electron chi connectivity index (χ0n) is 19.4. The topological polar surface area (TPSA) is 71.1 Å². The summed E-state index contributed by atoms with van der Waals surface area (Å²) in [7, 11) is 0. The van der Waals surface area contributed by atoms with Gasteiger partial charge in [-0.15, -0.1) is 13.2 Å². The Hall–Kier alpha value is -3.27. The number of likely N-dealkylation sites (tertiary alicyclic amines) is 1. The van der Waals surface area contributed by atoms with Gasteiger partial charge in [0, 0.05) is 24.8 Å². The van der Waals surface area contributed by atoms with Gasteiger partial charge in [-0.1, -0.05) is 6.92 Å². The first-order valence-electron chi connectivity index (χ1n) is 11.7.